The smallest absolute Gasteiger partial charge is 0.114 e. The standard InChI is InChI=1S/C30H28ClNO2/c1-3-4-18-34-28(20-33)29-21(2)19-27-26(30(29)23-11-13-24(31)14-12-23)17-16-25(32-27)15-10-22-8-6-5-7-9-22/h5-9,11-14,16-17,19,28,33H,3-4,18,20H2,1-2H3. The molecule has 3 nitrogen and oxygen atoms in total. The number of benzene rings is 3. The van der Waals surface area contributed by atoms with Crippen LogP contribution in [0.5, 0.6) is 0 Å². The molecule has 1 atom stereocenters. The Morgan fingerprint density at radius 2 is 1.76 bits per heavy atom. The first kappa shape index (κ1) is 24.0. The predicted octanol–water partition coefficient (Wildman–Crippen LogP) is 7.11. The largest absolute Gasteiger partial charge is 0.393 e. The molecular weight excluding hydrogens is 442 g/mol. The van der Waals surface area contributed by atoms with Crippen LogP contribution in [-0.2, 0) is 4.74 Å². The number of rotatable bonds is 7. The van der Waals surface area contributed by atoms with Gasteiger partial charge in [-0.25, -0.2) is 4.98 Å². The molecule has 0 spiro atoms. The van der Waals surface area contributed by atoms with Gasteiger partial charge < -0.3 is 9.84 Å². The van der Waals surface area contributed by atoms with E-state index in [1.165, 1.54) is 0 Å². The van der Waals surface area contributed by atoms with Crippen molar-refractivity contribution in [2.24, 2.45) is 0 Å². The second-order valence-corrected chi connectivity index (χ2v) is 8.70. The summed E-state index contributed by atoms with van der Waals surface area (Å²) in [4.78, 5) is 4.85. The van der Waals surface area contributed by atoms with E-state index in [1.807, 2.05) is 67.6 Å². The molecule has 172 valence electrons. The number of aliphatic hydroxyl groups excluding tert-OH is 1. The number of aryl methyl sites for hydroxylation is 1. The van der Waals surface area contributed by atoms with Crippen molar-refractivity contribution in [2.75, 3.05) is 13.2 Å². The van der Waals surface area contributed by atoms with Crippen LogP contribution in [0.4, 0.5) is 0 Å². The summed E-state index contributed by atoms with van der Waals surface area (Å²) >= 11 is 6.18. The zero-order valence-corrected chi connectivity index (χ0v) is 20.3. The summed E-state index contributed by atoms with van der Waals surface area (Å²) in [7, 11) is 0. The molecule has 4 aromatic rings. The maximum atomic E-state index is 10.2. The number of aliphatic hydroxyl groups is 1. The summed E-state index contributed by atoms with van der Waals surface area (Å²) in [5, 5.41) is 11.9. The molecule has 34 heavy (non-hydrogen) atoms. The highest BCUT2D eigenvalue weighted by molar-refractivity contribution is 6.30. The second kappa shape index (κ2) is 11.3. The minimum absolute atomic E-state index is 0.0925. The molecule has 1 heterocycles. The van der Waals surface area contributed by atoms with Gasteiger partial charge in [0.05, 0.1) is 12.1 Å². The normalized spacial score (nSPS) is 11.8. The molecule has 0 aliphatic rings. The molecule has 0 amide bonds. The van der Waals surface area contributed by atoms with Crippen LogP contribution in [0.2, 0.25) is 5.02 Å². The second-order valence-electron chi connectivity index (χ2n) is 8.26. The maximum Gasteiger partial charge on any atom is 0.114 e. The van der Waals surface area contributed by atoms with Gasteiger partial charge in [0.15, 0.2) is 0 Å². The van der Waals surface area contributed by atoms with Crippen molar-refractivity contribution in [3.8, 4) is 23.0 Å². The van der Waals surface area contributed by atoms with Gasteiger partial charge in [-0.05, 0) is 84.0 Å². The van der Waals surface area contributed by atoms with Crippen LogP contribution in [0.25, 0.3) is 22.0 Å². The Hall–Kier alpha value is -3.16. The van der Waals surface area contributed by atoms with E-state index in [4.69, 9.17) is 21.3 Å². The summed E-state index contributed by atoms with van der Waals surface area (Å²) in [6.07, 6.45) is 1.57. The number of fused-ring (bicyclic) bond motifs is 1. The lowest BCUT2D eigenvalue weighted by Gasteiger charge is -2.23. The third-order valence-corrected chi connectivity index (χ3v) is 6.04. The zero-order chi connectivity index (χ0) is 23.9. The number of hydrogen-bond donors (Lipinski definition) is 1. The number of hydrogen-bond acceptors (Lipinski definition) is 3. The highest BCUT2D eigenvalue weighted by atomic mass is 35.5. The summed E-state index contributed by atoms with van der Waals surface area (Å²) in [5.74, 6) is 6.36. The van der Waals surface area contributed by atoms with Crippen LogP contribution in [0.3, 0.4) is 0 Å². The summed E-state index contributed by atoms with van der Waals surface area (Å²) in [6.45, 7) is 4.68. The molecule has 1 unspecified atom stereocenters. The van der Waals surface area contributed by atoms with Crippen molar-refractivity contribution in [1.82, 2.24) is 4.98 Å². The molecule has 0 saturated heterocycles. The van der Waals surface area contributed by atoms with E-state index >= 15 is 0 Å². The van der Waals surface area contributed by atoms with Gasteiger partial charge in [-0.15, -0.1) is 0 Å². The quantitative estimate of drug-likeness (QED) is 0.231. The molecule has 1 aromatic heterocycles. The van der Waals surface area contributed by atoms with E-state index in [0.717, 1.165) is 51.6 Å². The summed E-state index contributed by atoms with van der Waals surface area (Å²) in [5.41, 5.74) is 6.55. The number of pyridine rings is 1. The van der Waals surface area contributed by atoms with Crippen LogP contribution < -0.4 is 0 Å². The van der Waals surface area contributed by atoms with E-state index in [0.29, 0.717) is 17.3 Å². The fourth-order valence-electron chi connectivity index (χ4n) is 4.09. The average molecular weight is 470 g/mol. The van der Waals surface area contributed by atoms with Crippen molar-refractivity contribution >= 4 is 22.5 Å². The predicted molar refractivity (Wildman–Crippen MR) is 140 cm³/mol. The Bertz CT molecular complexity index is 1320. The lowest BCUT2D eigenvalue weighted by molar-refractivity contribution is 0.0105. The van der Waals surface area contributed by atoms with Crippen molar-refractivity contribution < 1.29 is 9.84 Å². The van der Waals surface area contributed by atoms with Gasteiger partial charge in [-0.2, -0.15) is 0 Å². The number of halogens is 1. The van der Waals surface area contributed by atoms with Crippen molar-refractivity contribution in [3.63, 3.8) is 0 Å². The highest BCUT2D eigenvalue weighted by Gasteiger charge is 2.22. The van der Waals surface area contributed by atoms with Crippen LogP contribution in [-0.4, -0.2) is 23.3 Å². The van der Waals surface area contributed by atoms with Crippen LogP contribution >= 0.6 is 11.6 Å². The highest BCUT2D eigenvalue weighted by Crippen LogP contribution is 2.39. The molecule has 0 aliphatic heterocycles. The topological polar surface area (TPSA) is 42.4 Å². The summed E-state index contributed by atoms with van der Waals surface area (Å²) < 4.78 is 6.13. The van der Waals surface area contributed by atoms with Gasteiger partial charge in [0.1, 0.15) is 11.8 Å². The minimum atomic E-state index is -0.417. The molecule has 3 aromatic carbocycles. The van der Waals surface area contributed by atoms with Crippen molar-refractivity contribution in [3.05, 3.63) is 100 Å². The number of ether oxygens (including phenoxy) is 1. The molecule has 0 radical (unpaired) electrons. The molecule has 4 heteroatoms. The third kappa shape index (κ3) is 5.48. The Kier molecular flexibility index (Phi) is 7.98. The lowest BCUT2D eigenvalue weighted by atomic mass is 9.89. The molecule has 0 fully saturated rings. The first-order chi connectivity index (χ1) is 16.6. The van der Waals surface area contributed by atoms with E-state index in [1.54, 1.807) is 0 Å². The van der Waals surface area contributed by atoms with Crippen LogP contribution in [0, 0.1) is 18.8 Å². The van der Waals surface area contributed by atoms with Gasteiger partial charge in [-0.1, -0.05) is 61.2 Å². The van der Waals surface area contributed by atoms with Gasteiger partial charge in [0, 0.05) is 22.6 Å². The van der Waals surface area contributed by atoms with Crippen molar-refractivity contribution in [2.45, 2.75) is 32.8 Å². The average Bonchev–Trinajstić information content (AvgIpc) is 2.86. The first-order valence-corrected chi connectivity index (χ1v) is 12.0. The minimum Gasteiger partial charge on any atom is -0.393 e. The van der Waals surface area contributed by atoms with E-state index in [2.05, 4.69) is 30.9 Å². The van der Waals surface area contributed by atoms with Gasteiger partial charge in [-0.3, -0.25) is 0 Å². The summed E-state index contributed by atoms with van der Waals surface area (Å²) in [6, 6.07) is 23.7. The lowest BCUT2D eigenvalue weighted by Crippen LogP contribution is -2.13. The van der Waals surface area contributed by atoms with E-state index in [-0.39, 0.29) is 6.61 Å². The Morgan fingerprint density at radius 1 is 1.00 bits per heavy atom. The number of unbranched alkanes of at least 4 members (excludes halogenated alkanes) is 1. The van der Waals surface area contributed by atoms with Crippen LogP contribution in [0.1, 0.15) is 48.3 Å². The molecule has 0 aliphatic carbocycles. The Morgan fingerprint density at radius 3 is 2.47 bits per heavy atom. The first-order valence-electron chi connectivity index (χ1n) is 11.6. The zero-order valence-electron chi connectivity index (χ0n) is 19.5. The van der Waals surface area contributed by atoms with Crippen LogP contribution in [0.15, 0.2) is 72.8 Å². The maximum absolute atomic E-state index is 10.2. The molecule has 0 bridgehead atoms. The number of nitrogens with zero attached hydrogens (tertiary/aromatic N) is 1. The van der Waals surface area contributed by atoms with E-state index in [9.17, 15) is 5.11 Å². The Labute approximate surface area is 206 Å². The Balaban J connectivity index is 1.86. The fourth-order valence-corrected chi connectivity index (χ4v) is 4.21. The third-order valence-electron chi connectivity index (χ3n) is 5.79. The van der Waals surface area contributed by atoms with E-state index < -0.39 is 6.10 Å². The van der Waals surface area contributed by atoms with Crippen molar-refractivity contribution in [1.29, 1.82) is 0 Å². The molecule has 1 N–H and O–H groups in total. The molecule has 0 saturated carbocycles. The monoisotopic (exact) mass is 469 g/mol. The molecule has 4 rings (SSSR count). The van der Waals surface area contributed by atoms with Gasteiger partial charge in [0.2, 0.25) is 0 Å². The molecular formula is C30H28ClNO2. The fraction of sp³-hybridized carbons (Fsp3) is 0.233. The number of aromatic nitrogens is 1. The SMILES string of the molecule is CCCCOC(CO)c1c(C)cc2nc(C#Cc3ccccc3)ccc2c1-c1ccc(Cl)cc1. The van der Waals surface area contributed by atoms with Gasteiger partial charge in [0.25, 0.3) is 0 Å². The van der Waals surface area contributed by atoms with Gasteiger partial charge >= 0.3 is 0 Å².